The van der Waals surface area contributed by atoms with Gasteiger partial charge in [0.05, 0.1) is 6.61 Å². The van der Waals surface area contributed by atoms with Gasteiger partial charge in [-0.1, -0.05) is 0 Å². The number of nitriles is 2. The highest BCUT2D eigenvalue weighted by Gasteiger charge is 2.08. The van der Waals surface area contributed by atoms with Crippen LogP contribution in [0.5, 0.6) is 5.88 Å². The van der Waals surface area contributed by atoms with Crippen molar-refractivity contribution in [2.45, 2.75) is 6.92 Å². The van der Waals surface area contributed by atoms with Gasteiger partial charge in [-0.05, 0) is 13.0 Å². The van der Waals surface area contributed by atoms with Crippen molar-refractivity contribution < 1.29 is 4.74 Å². The summed E-state index contributed by atoms with van der Waals surface area (Å²) in [4.78, 5) is 13.5. The highest BCUT2D eigenvalue weighted by molar-refractivity contribution is 5.43. The fraction of sp³-hybridized carbons (Fsp3) is 0.222. The molecule has 5 nitrogen and oxygen atoms in total. The molecule has 0 radical (unpaired) electrons. The fourth-order valence-corrected chi connectivity index (χ4v) is 0.937. The lowest BCUT2D eigenvalue weighted by Crippen LogP contribution is -2.13. The molecule has 0 aliphatic carbocycles. The molecule has 0 saturated heterocycles. The average molecular weight is 189 g/mol. The zero-order chi connectivity index (χ0) is 10.6. The summed E-state index contributed by atoms with van der Waals surface area (Å²) in [5.74, 6) is 0.110. The second kappa shape index (κ2) is 4.11. The first-order valence-corrected chi connectivity index (χ1v) is 3.93. The summed E-state index contributed by atoms with van der Waals surface area (Å²) in [5, 5.41) is 17.2. The summed E-state index contributed by atoms with van der Waals surface area (Å²) in [5.41, 5.74) is -0.483. The van der Waals surface area contributed by atoms with Crippen molar-refractivity contribution in [3.05, 3.63) is 27.5 Å². The quantitative estimate of drug-likeness (QED) is 0.734. The molecule has 1 heterocycles. The Kier molecular flexibility index (Phi) is 2.88. The molecule has 14 heavy (non-hydrogen) atoms. The predicted molar refractivity (Wildman–Crippen MR) is 47.7 cm³/mol. The first-order valence-electron chi connectivity index (χ1n) is 3.93. The van der Waals surface area contributed by atoms with Crippen molar-refractivity contribution in [3.8, 4) is 18.0 Å². The number of aromatic nitrogens is 1. The third-order valence-electron chi connectivity index (χ3n) is 1.53. The molecule has 0 aliphatic heterocycles. The number of pyridine rings is 1. The maximum atomic E-state index is 11.1. The fourth-order valence-electron chi connectivity index (χ4n) is 0.937. The Morgan fingerprint density at radius 2 is 2.07 bits per heavy atom. The number of aromatic amines is 1. The molecular weight excluding hydrogens is 182 g/mol. The van der Waals surface area contributed by atoms with Crippen LogP contribution < -0.4 is 10.3 Å². The molecule has 0 fully saturated rings. The van der Waals surface area contributed by atoms with Crippen LogP contribution in [0.2, 0.25) is 0 Å². The molecule has 0 atom stereocenters. The Morgan fingerprint density at radius 3 is 2.57 bits per heavy atom. The van der Waals surface area contributed by atoms with Crippen LogP contribution in [-0.4, -0.2) is 11.6 Å². The Morgan fingerprint density at radius 1 is 1.43 bits per heavy atom. The molecule has 0 unspecified atom stereocenters. The maximum absolute atomic E-state index is 11.1. The minimum absolute atomic E-state index is 0.0926. The molecular formula is C9H7N3O2. The Labute approximate surface area is 80.2 Å². The number of H-pyrrole nitrogens is 1. The molecule has 0 saturated carbocycles. The van der Waals surface area contributed by atoms with E-state index >= 15 is 0 Å². The zero-order valence-electron chi connectivity index (χ0n) is 7.50. The summed E-state index contributed by atoms with van der Waals surface area (Å²) in [6, 6.07) is 4.74. The number of nitrogens with one attached hydrogen (secondary N) is 1. The van der Waals surface area contributed by atoms with Gasteiger partial charge in [-0.3, -0.25) is 9.78 Å². The van der Waals surface area contributed by atoms with E-state index in [1.54, 1.807) is 13.0 Å². The predicted octanol–water partition coefficient (Wildman–Crippen LogP) is 0.517. The number of nitrogens with zero attached hydrogens (tertiary/aromatic N) is 2. The van der Waals surface area contributed by atoms with Gasteiger partial charge in [0.15, 0.2) is 0 Å². The number of hydrogen-bond acceptors (Lipinski definition) is 4. The number of hydrogen-bond donors (Lipinski definition) is 1. The van der Waals surface area contributed by atoms with Crippen LogP contribution in [0.25, 0.3) is 0 Å². The second-order valence-electron chi connectivity index (χ2n) is 2.41. The van der Waals surface area contributed by atoms with Gasteiger partial charge in [-0.15, -0.1) is 0 Å². The molecule has 1 N–H and O–H groups in total. The highest BCUT2D eigenvalue weighted by atomic mass is 16.5. The van der Waals surface area contributed by atoms with Gasteiger partial charge < -0.3 is 4.74 Å². The SMILES string of the molecule is CCOc1[nH]c(=O)c(C#N)cc1C#N. The standard InChI is InChI=1S/C9H7N3O2/c1-2-14-9-7(5-11)3-6(4-10)8(13)12-9/h3H,2H2,1H3,(H,12,13). The van der Waals surface area contributed by atoms with Crippen molar-refractivity contribution in [1.82, 2.24) is 4.98 Å². The smallest absolute Gasteiger partial charge is 0.268 e. The summed E-state index contributed by atoms with van der Waals surface area (Å²) >= 11 is 0. The summed E-state index contributed by atoms with van der Waals surface area (Å²) in [7, 11) is 0. The lowest BCUT2D eigenvalue weighted by Gasteiger charge is -2.03. The molecule has 0 aromatic carbocycles. The van der Waals surface area contributed by atoms with E-state index in [1.165, 1.54) is 6.07 Å². The van der Waals surface area contributed by atoms with Gasteiger partial charge in [0.25, 0.3) is 5.56 Å². The van der Waals surface area contributed by atoms with E-state index in [9.17, 15) is 4.79 Å². The van der Waals surface area contributed by atoms with E-state index in [2.05, 4.69) is 4.98 Å². The van der Waals surface area contributed by atoms with Crippen molar-refractivity contribution in [2.75, 3.05) is 6.61 Å². The monoisotopic (exact) mass is 189 g/mol. The Bertz CT molecular complexity index is 476. The van der Waals surface area contributed by atoms with E-state index in [4.69, 9.17) is 15.3 Å². The minimum atomic E-state index is -0.546. The van der Waals surface area contributed by atoms with Crippen LogP contribution in [-0.2, 0) is 0 Å². The maximum Gasteiger partial charge on any atom is 0.268 e. The lowest BCUT2D eigenvalue weighted by molar-refractivity contribution is 0.325. The van der Waals surface area contributed by atoms with E-state index in [1.807, 2.05) is 6.07 Å². The number of rotatable bonds is 2. The van der Waals surface area contributed by atoms with Gasteiger partial charge >= 0.3 is 0 Å². The van der Waals surface area contributed by atoms with Crippen molar-refractivity contribution in [1.29, 1.82) is 10.5 Å². The topological polar surface area (TPSA) is 89.7 Å². The van der Waals surface area contributed by atoms with Crippen LogP contribution in [0.15, 0.2) is 10.9 Å². The highest BCUT2D eigenvalue weighted by Crippen LogP contribution is 2.12. The largest absolute Gasteiger partial charge is 0.478 e. The van der Waals surface area contributed by atoms with Crippen LogP contribution in [0, 0.1) is 22.7 Å². The molecule has 1 rings (SSSR count). The van der Waals surface area contributed by atoms with Crippen LogP contribution in [0.3, 0.4) is 0 Å². The Hall–Kier alpha value is -2.27. The third kappa shape index (κ3) is 1.73. The van der Waals surface area contributed by atoms with E-state index in [0.29, 0.717) is 6.61 Å². The minimum Gasteiger partial charge on any atom is -0.478 e. The molecule has 0 amide bonds. The summed E-state index contributed by atoms with van der Waals surface area (Å²) in [6.45, 7) is 2.08. The molecule has 0 aliphatic rings. The van der Waals surface area contributed by atoms with Crippen molar-refractivity contribution in [2.24, 2.45) is 0 Å². The normalized spacial score (nSPS) is 8.79. The van der Waals surface area contributed by atoms with E-state index in [0.717, 1.165) is 0 Å². The first-order chi connectivity index (χ1) is 6.72. The average Bonchev–Trinajstić information content (AvgIpc) is 2.19. The number of ether oxygens (including phenoxy) is 1. The van der Waals surface area contributed by atoms with Gasteiger partial charge in [0.2, 0.25) is 5.88 Å². The van der Waals surface area contributed by atoms with Gasteiger partial charge in [-0.2, -0.15) is 10.5 Å². The molecule has 1 aromatic heterocycles. The van der Waals surface area contributed by atoms with Crippen molar-refractivity contribution in [3.63, 3.8) is 0 Å². The van der Waals surface area contributed by atoms with Crippen LogP contribution in [0.4, 0.5) is 0 Å². The van der Waals surface area contributed by atoms with Crippen molar-refractivity contribution >= 4 is 0 Å². The first kappa shape index (κ1) is 9.82. The van der Waals surface area contributed by atoms with E-state index in [-0.39, 0.29) is 17.0 Å². The lowest BCUT2D eigenvalue weighted by atomic mass is 10.2. The van der Waals surface area contributed by atoms with Gasteiger partial charge in [0, 0.05) is 0 Å². The molecule has 5 heteroatoms. The molecule has 1 aromatic rings. The zero-order valence-corrected chi connectivity index (χ0v) is 7.50. The third-order valence-corrected chi connectivity index (χ3v) is 1.53. The molecule has 0 bridgehead atoms. The van der Waals surface area contributed by atoms with Gasteiger partial charge in [0.1, 0.15) is 23.3 Å². The molecule has 70 valence electrons. The summed E-state index contributed by atoms with van der Waals surface area (Å²) in [6.07, 6.45) is 0. The Balaban J connectivity index is 3.35. The van der Waals surface area contributed by atoms with E-state index < -0.39 is 5.56 Å². The summed E-state index contributed by atoms with van der Waals surface area (Å²) < 4.78 is 5.02. The van der Waals surface area contributed by atoms with Gasteiger partial charge in [-0.25, -0.2) is 0 Å². The van der Waals surface area contributed by atoms with Crippen LogP contribution >= 0.6 is 0 Å². The second-order valence-corrected chi connectivity index (χ2v) is 2.41. The van der Waals surface area contributed by atoms with Crippen LogP contribution in [0.1, 0.15) is 18.1 Å². The molecule has 0 spiro atoms.